The van der Waals surface area contributed by atoms with Gasteiger partial charge in [-0.15, -0.1) is 13.2 Å². The third-order valence-electron chi connectivity index (χ3n) is 11.0. The van der Waals surface area contributed by atoms with Gasteiger partial charge in [-0.25, -0.2) is 0 Å². The lowest BCUT2D eigenvalue weighted by Gasteiger charge is -2.38. The molecule has 3 heterocycles. The summed E-state index contributed by atoms with van der Waals surface area (Å²) in [6, 6.07) is 13.1. The Labute approximate surface area is 326 Å². The molecule has 0 aliphatic carbocycles. The number of halogens is 2. The second-order valence-corrected chi connectivity index (χ2v) is 15.9. The number of carbonyl (C=O) groups excluding carboxylic acids is 4. The number of likely N-dealkylation sites (N-methyl/N-ethyl adjacent to an activating group) is 1. The minimum absolute atomic E-state index is 0.0790. The number of fused-ring (bicyclic) bond motifs is 1. The van der Waals surface area contributed by atoms with Gasteiger partial charge < -0.3 is 29.3 Å². The number of carbonyl (C=O) groups is 4. The van der Waals surface area contributed by atoms with Gasteiger partial charge in [-0.1, -0.05) is 95.0 Å². The van der Waals surface area contributed by atoms with Crippen molar-refractivity contribution in [2.75, 3.05) is 31.6 Å². The molecule has 12 heteroatoms. The molecule has 1 spiro atoms. The number of ether oxygens (including phenoxy) is 2. The fraction of sp³-hybridized carbons (Fsp3) is 0.512. The molecular weight excluding hydrogens is 762 g/mol. The van der Waals surface area contributed by atoms with Crippen molar-refractivity contribution in [3.8, 4) is 0 Å². The first kappa shape index (κ1) is 40.7. The number of aliphatic hydroxyl groups is 1. The molecule has 2 bridgehead atoms. The number of amides is 3. The average molecular weight is 813 g/mol. The van der Waals surface area contributed by atoms with E-state index in [1.807, 2.05) is 56.3 Å². The molecule has 5 rings (SSSR count). The van der Waals surface area contributed by atoms with Crippen LogP contribution in [-0.2, 0) is 28.7 Å². The molecule has 3 aliphatic heterocycles. The highest BCUT2D eigenvalue weighted by molar-refractivity contribution is 9.09. The molecular formula is C41H51BrClN3O7. The van der Waals surface area contributed by atoms with Gasteiger partial charge in [-0.3, -0.25) is 19.2 Å². The van der Waals surface area contributed by atoms with Crippen molar-refractivity contribution in [3.05, 3.63) is 90.0 Å². The molecule has 10 nitrogen and oxygen atoms in total. The van der Waals surface area contributed by atoms with Crippen molar-refractivity contribution in [3.63, 3.8) is 0 Å². The van der Waals surface area contributed by atoms with E-state index in [1.54, 1.807) is 40.0 Å². The second-order valence-electron chi connectivity index (χ2n) is 14.3. The van der Waals surface area contributed by atoms with Crippen LogP contribution < -0.4 is 4.90 Å². The molecule has 1 unspecified atom stereocenters. The lowest BCUT2D eigenvalue weighted by atomic mass is 9.70. The standard InChI is InChI=1S/C41H51BrClN3O7/c1-6-8-21-31(48)44(5)27(4)35(28-18-12-11-13-19-28)52-40(51)32-33-38(49)46(23-14-9-10-15-24-47)37(41(33)25-29(42)36(32)53-41)39(50)45(22-7-2)34-26(3)17-16-20-30(34)43/h6-7,11-13,16-20,27,29,32-33,35-37,47H,1-2,8-10,14-15,21-25H2,3-5H3/t27-,29?,32+,33-,35+,36+,37+,41-/m0/s1. The van der Waals surface area contributed by atoms with Crippen molar-refractivity contribution < 1.29 is 33.8 Å². The van der Waals surface area contributed by atoms with Crippen molar-refractivity contribution in [2.45, 2.75) is 93.5 Å². The average Bonchev–Trinajstić information content (AvgIpc) is 3.74. The van der Waals surface area contributed by atoms with E-state index < -0.39 is 47.7 Å². The van der Waals surface area contributed by atoms with Gasteiger partial charge in [0.25, 0.3) is 5.91 Å². The van der Waals surface area contributed by atoms with Crippen LogP contribution >= 0.6 is 27.5 Å². The highest BCUT2D eigenvalue weighted by Gasteiger charge is 2.77. The Hall–Kier alpha value is -3.51. The summed E-state index contributed by atoms with van der Waals surface area (Å²) in [4.78, 5) is 61.9. The van der Waals surface area contributed by atoms with Crippen LogP contribution in [0.3, 0.4) is 0 Å². The quantitative estimate of drug-likeness (QED) is 0.0785. The molecule has 3 aliphatic rings. The summed E-state index contributed by atoms with van der Waals surface area (Å²) in [5, 5.41) is 9.71. The van der Waals surface area contributed by atoms with E-state index in [4.69, 9.17) is 21.1 Å². The number of para-hydroxylation sites is 1. The van der Waals surface area contributed by atoms with E-state index in [0.29, 0.717) is 42.0 Å². The Morgan fingerprint density at radius 3 is 2.49 bits per heavy atom. The molecule has 3 amide bonds. The van der Waals surface area contributed by atoms with Crippen LogP contribution in [0.1, 0.15) is 69.1 Å². The van der Waals surface area contributed by atoms with Crippen molar-refractivity contribution in [1.29, 1.82) is 0 Å². The SMILES string of the molecule is C=CCCC(=O)N(C)[C@@H](C)[C@@H](OC(=O)[C@H]1[C@@H]2O[C@@]3(CC2Br)[C@@H]1C(=O)N(CCCCCCO)[C@@H]3C(=O)N(CC=C)c1c(C)cccc1Cl)c1ccccc1. The normalized spacial score (nSPS) is 25.4. The van der Waals surface area contributed by atoms with E-state index in [-0.39, 0.29) is 48.7 Å². The van der Waals surface area contributed by atoms with Gasteiger partial charge in [0.05, 0.1) is 34.7 Å². The number of hydrogen-bond acceptors (Lipinski definition) is 7. The second kappa shape index (κ2) is 17.8. The first-order chi connectivity index (χ1) is 25.4. The molecule has 0 saturated carbocycles. The third kappa shape index (κ3) is 8.00. The summed E-state index contributed by atoms with van der Waals surface area (Å²) >= 11 is 10.5. The van der Waals surface area contributed by atoms with Gasteiger partial charge in [-0.05, 0) is 56.7 Å². The summed E-state index contributed by atoms with van der Waals surface area (Å²) < 4.78 is 13.2. The van der Waals surface area contributed by atoms with Crippen LogP contribution in [0.4, 0.5) is 5.69 Å². The Morgan fingerprint density at radius 1 is 1.11 bits per heavy atom. The van der Waals surface area contributed by atoms with Crippen LogP contribution in [-0.4, -0.2) is 94.0 Å². The zero-order valence-electron chi connectivity index (χ0n) is 30.8. The van der Waals surface area contributed by atoms with E-state index in [0.717, 1.165) is 18.4 Å². The number of likely N-dealkylation sites (tertiary alicyclic amines) is 1. The monoisotopic (exact) mass is 811 g/mol. The number of alkyl halides is 1. The summed E-state index contributed by atoms with van der Waals surface area (Å²) in [5.74, 6) is -3.41. The topological polar surface area (TPSA) is 117 Å². The highest BCUT2D eigenvalue weighted by Crippen LogP contribution is 2.61. The van der Waals surface area contributed by atoms with Gasteiger partial charge in [0.1, 0.15) is 17.7 Å². The summed E-state index contributed by atoms with van der Waals surface area (Å²) in [7, 11) is 1.69. The van der Waals surface area contributed by atoms with Gasteiger partial charge >= 0.3 is 5.97 Å². The molecule has 3 fully saturated rings. The van der Waals surface area contributed by atoms with Gasteiger partial charge in [-0.2, -0.15) is 0 Å². The molecule has 0 aromatic heterocycles. The fourth-order valence-electron chi connectivity index (χ4n) is 8.32. The summed E-state index contributed by atoms with van der Waals surface area (Å²) in [6.07, 6.45) is 5.61. The number of unbranched alkanes of at least 4 members (excludes halogenated alkanes) is 3. The fourth-order valence-corrected chi connectivity index (χ4v) is 9.59. The minimum atomic E-state index is -1.32. The Bertz CT molecular complexity index is 1660. The summed E-state index contributed by atoms with van der Waals surface area (Å²) in [6.45, 7) is 11.8. The molecule has 2 aromatic carbocycles. The van der Waals surface area contributed by atoms with Crippen LogP contribution in [0, 0.1) is 18.8 Å². The molecule has 286 valence electrons. The van der Waals surface area contributed by atoms with Crippen molar-refractivity contribution in [2.24, 2.45) is 11.8 Å². The first-order valence-corrected chi connectivity index (χ1v) is 19.7. The molecule has 1 N–H and O–H groups in total. The van der Waals surface area contributed by atoms with Gasteiger partial charge in [0.2, 0.25) is 11.8 Å². The number of hydrogen-bond donors (Lipinski definition) is 1. The largest absolute Gasteiger partial charge is 0.455 e. The van der Waals surface area contributed by atoms with Crippen molar-refractivity contribution in [1.82, 2.24) is 9.80 Å². The van der Waals surface area contributed by atoms with Crippen LogP contribution in [0.5, 0.6) is 0 Å². The Morgan fingerprint density at radius 2 is 1.83 bits per heavy atom. The van der Waals surface area contributed by atoms with Gasteiger partial charge in [0.15, 0.2) is 0 Å². The number of benzene rings is 2. The predicted octanol–water partition coefficient (Wildman–Crippen LogP) is 6.57. The Balaban J connectivity index is 1.52. The lowest BCUT2D eigenvalue weighted by molar-refractivity contribution is -0.164. The predicted molar refractivity (Wildman–Crippen MR) is 209 cm³/mol. The maximum Gasteiger partial charge on any atom is 0.313 e. The zero-order valence-corrected chi connectivity index (χ0v) is 33.1. The number of aliphatic hydroxyl groups excluding tert-OH is 1. The molecule has 0 radical (unpaired) electrons. The maximum absolute atomic E-state index is 15.0. The number of esters is 1. The molecule has 8 atom stereocenters. The van der Waals surface area contributed by atoms with Crippen LogP contribution in [0.2, 0.25) is 5.02 Å². The van der Waals surface area contributed by atoms with Crippen molar-refractivity contribution >= 4 is 56.9 Å². The van der Waals surface area contributed by atoms with E-state index in [1.165, 1.54) is 0 Å². The third-order valence-corrected chi connectivity index (χ3v) is 12.2. The zero-order chi connectivity index (χ0) is 38.4. The molecule has 3 saturated heterocycles. The Kier molecular flexibility index (Phi) is 13.6. The molecule has 53 heavy (non-hydrogen) atoms. The number of rotatable bonds is 18. The molecule has 2 aromatic rings. The lowest BCUT2D eigenvalue weighted by Crippen LogP contribution is -2.57. The highest BCUT2D eigenvalue weighted by atomic mass is 79.9. The van der Waals surface area contributed by atoms with Gasteiger partial charge in [0, 0.05) is 38.0 Å². The smallest absolute Gasteiger partial charge is 0.313 e. The van der Waals surface area contributed by atoms with Crippen LogP contribution in [0.25, 0.3) is 0 Å². The number of anilines is 1. The number of aryl methyl sites for hydroxylation is 1. The van der Waals surface area contributed by atoms with E-state index in [2.05, 4.69) is 29.1 Å². The number of allylic oxidation sites excluding steroid dienone is 1. The minimum Gasteiger partial charge on any atom is -0.455 e. The summed E-state index contributed by atoms with van der Waals surface area (Å²) in [5.41, 5.74) is 0.699. The first-order valence-electron chi connectivity index (χ1n) is 18.5. The van der Waals surface area contributed by atoms with Crippen LogP contribution in [0.15, 0.2) is 73.8 Å². The van der Waals surface area contributed by atoms with E-state index >= 15 is 4.79 Å². The van der Waals surface area contributed by atoms with E-state index in [9.17, 15) is 19.5 Å². The maximum atomic E-state index is 15.0. The number of nitrogens with zero attached hydrogens (tertiary/aromatic N) is 3.